The van der Waals surface area contributed by atoms with Gasteiger partial charge < -0.3 is 0 Å². The normalized spacial score (nSPS) is 10.8. The number of hydrogen-bond donors (Lipinski definition) is 0. The van der Waals surface area contributed by atoms with Gasteiger partial charge in [-0.1, -0.05) is 6.07 Å². The summed E-state index contributed by atoms with van der Waals surface area (Å²) in [6, 6.07) is 5.03. The fourth-order valence-electron chi connectivity index (χ4n) is 0.958. The lowest BCUT2D eigenvalue weighted by atomic mass is 10.1. The maximum absolute atomic E-state index is 12.9. The zero-order chi connectivity index (χ0) is 10.6. The molecule has 14 heavy (non-hydrogen) atoms. The summed E-state index contributed by atoms with van der Waals surface area (Å²) in [4.78, 5) is 0. The molecule has 4 heteroatoms. The molecule has 0 aliphatic carbocycles. The zero-order valence-electron chi connectivity index (χ0n) is 7.05. The van der Waals surface area contributed by atoms with Gasteiger partial charge in [-0.05, 0) is 23.8 Å². The molecule has 1 nitrogen and oxygen atoms in total. The molecule has 1 aromatic carbocycles. The highest BCUT2D eigenvalue weighted by molar-refractivity contribution is 5.52. The van der Waals surface area contributed by atoms with Gasteiger partial charge in [0.15, 0.2) is 0 Å². The molecule has 0 aromatic heterocycles. The molecule has 0 radical (unpaired) electrons. The number of nitrogens with zero attached hydrogens (tertiary/aromatic N) is 1. The summed E-state index contributed by atoms with van der Waals surface area (Å²) in [6.07, 6.45) is -0.321. The molecule has 1 rings (SSSR count). The Morgan fingerprint density at radius 3 is 2.57 bits per heavy atom. The van der Waals surface area contributed by atoms with Gasteiger partial charge in [-0.2, -0.15) is 5.26 Å². The molecule has 0 aliphatic rings. The summed E-state index contributed by atoms with van der Waals surface area (Å²) in [5, 5.41) is 8.19. The molecule has 0 aliphatic heterocycles. The number of hydrogen-bond acceptors (Lipinski definition) is 1. The van der Waals surface area contributed by atoms with Crippen molar-refractivity contribution in [1.82, 2.24) is 0 Å². The van der Waals surface area contributed by atoms with Gasteiger partial charge in [0.2, 0.25) is 0 Å². The predicted molar refractivity (Wildman–Crippen MR) is 46.0 cm³/mol. The zero-order valence-corrected chi connectivity index (χ0v) is 7.05. The van der Waals surface area contributed by atoms with Gasteiger partial charge in [0.25, 0.3) is 6.43 Å². The van der Waals surface area contributed by atoms with Crippen molar-refractivity contribution < 1.29 is 13.2 Å². The Balaban J connectivity index is 3.02. The topological polar surface area (TPSA) is 23.8 Å². The molecule has 1 aromatic rings. The lowest BCUT2D eigenvalue weighted by Gasteiger charge is -2.01. The average Bonchev–Trinajstić information content (AvgIpc) is 2.14. The number of benzene rings is 1. The SMILES string of the molecule is N#CC=Cc1ccc(C(F)F)c(F)c1. The summed E-state index contributed by atoms with van der Waals surface area (Å²) in [5.41, 5.74) is -0.243. The molecule has 0 unspecified atom stereocenters. The van der Waals surface area contributed by atoms with E-state index in [9.17, 15) is 13.2 Å². The molecule has 0 heterocycles. The molecule has 72 valence electrons. The molecule has 0 saturated carbocycles. The van der Waals surface area contributed by atoms with Gasteiger partial charge in [0.05, 0.1) is 11.6 Å². The Kier molecular flexibility index (Phi) is 3.29. The Labute approximate surface area is 79.1 Å². The van der Waals surface area contributed by atoms with Crippen LogP contribution in [-0.2, 0) is 0 Å². The second-order valence-corrected chi connectivity index (χ2v) is 2.54. The van der Waals surface area contributed by atoms with Crippen LogP contribution in [-0.4, -0.2) is 0 Å². The van der Waals surface area contributed by atoms with Crippen LogP contribution in [0.4, 0.5) is 13.2 Å². The quantitative estimate of drug-likeness (QED) is 0.667. The van der Waals surface area contributed by atoms with E-state index in [1.165, 1.54) is 12.1 Å². The van der Waals surface area contributed by atoms with Gasteiger partial charge in [0.1, 0.15) is 5.82 Å². The summed E-state index contributed by atoms with van der Waals surface area (Å²) in [5.74, 6) is -0.958. The van der Waals surface area contributed by atoms with Crippen LogP contribution in [0.2, 0.25) is 0 Å². The molecule has 0 atom stereocenters. The third kappa shape index (κ3) is 2.36. The van der Waals surface area contributed by atoms with Crippen molar-refractivity contribution in [2.45, 2.75) is 6.43 Å². The molecule has 0 spiro atoms. The van der Waals surface area contributed by atoms with Crippen LogP contribution in [0.15, 0.2) is 24.3 Å². The highest BCUT2D eigenvalue weighted by atomic mass is 19.3. The fraction of sp³-hybridized carbons (Fsp3) is 0.100. The number of rotatable bonds is 2. The lowest BCUT2D eigenvalue weighted by molar-refractivity contribution is 0.146. The monoisotopic (exact) mass is 197 g/mol. The molecule has 0 bridgehead atoms. The minimum atomic E-state index is -2.82. The van der Waals surface area contributed by atoms with E-state index in [1.54, 1.807) is 6.07 Å². The molecular weight excluding hydrogens is 191 g/mol. The summed E-state index contributed by atoms with van der Waals surface area (Å²) in [7, 11) is 0. The van der Waals surface area contributed by atoms with Gasteiger partial charge in [-0.15, -0.1) is 0 Å². The Morgan fingerprint density at radius 2 is 2.07 bits per heavy atom. The van der Waals surface area contributed by atoms with Crippen molar-refractivity contribution in [3.8, 4) is 6.07 Å². The third-order valence-corrected chi connectivity index (χ3v) is 1.61. The lowest BCUT2D eigenvalue weighted by Crippen LogP contribution is -1.90. The van der Waals surface area contributed by atoms with Crippen molar-refractivity contribution in [3.05, 3.63) is 41.2 Å². The minimum Gasteiger partial charge on any atom is -0.206 e. The van der Waals surface area contributed by atoms with Gasteiger partial charge in [0, 0.05) is 6.08 Å². The van der Waals surface area contributed by atoms with Gasteiger partial charge in [-0.3, -0.25) is 0 Å². The van der Waals surface area contributed by atoms with E-state index in [4.69, 9.17) is 5.26 Å². The van der Waals surface area contributed by atoms with Gasteiger partial charge in [-0.25, -0.2) is 13.2 Å². The van der Waals surface area contributed by atoms with E-state index in [0.29, 0.717) is 5.56 Å². The second kappa shape index (κ2) is 4.47. The van der Waals surface area contributed by atoms with E-state index < -0.39 is 17.8 Å². The van der Waals surface area contributed by atoms with Crippen LogP contribution in [0, 0.1) is 17.1 Å². The van der Waals surface area contributed by atoms with Crippen molar-refractivity contribution in [1.29, 1.82) is 5.26 Å². The van der Waals surface area contributed by atoms with E-state index in [1.807, 2.05) is 0 Å². The van der Waals surface area contributed by atoms with E-state index >= 15 is 0 Å². The van der Waals surface area contributed by atoms with E-state index in [-0.39, 0.29) is 0 Å². The second-order valence-electron chi connectivity index (χ2n) is 2.54. The predicted octanol–water partition coefficient (Wildman–Crippen LogP) is 3.30. The van der Waals surface area contributed by atoms with Crippen LogP contribution in [0.1, 0.15) is 17.6 Å². The minimum absolute atomic E-state index is 0.383. The Bertz CT molecular complexity index is 391. The standard InChI is InChI=1S/C10H6F3N/c11-9-6-7(2-1-5-14)3-4-8(9)10(12)13/h1-4,6,10H. The average molecular weight is 197 g/mol. The Hall–Kier alpha value is -1.76. The van der Waals surface area contributed by atoms with E-state index in [0.717, 1.165) is 18.2 Å². The number of alkyl halides is 2. The van der Waals surface area contributed by atoms with E-state index in [2.05, 4.69) is 0 Å². The van der Waals surface area contributed by atoms with Crippen molar-refractivity contribution in [3.63, 3.8) is 0 Å². The first kappa shape index (κ1) is 10.3. The van der Waals surface area contributed by atoms with Crippen molar-refractivity contribution in [2.75, 3.05) is 0 Å². The first-order chi connectivity index (χ1) is 6.65. The van der Waals surface area contributed by atoms with Crippen LogP contribution < -0.4 is 0 Å². The molecule has 0 amide bonds. The molecule has 0 saturated heterocycles. The fourth-order valence-corrected chi connectivity index (χ4v) is 0.958. The molecule has 0 N–H and O–H groups in total. The highest BCUT2D eigenvalue weighted by Crippen LogP contribution is 2.22. The first-order valence-electron chi connectivity index (χ1n) is 3.79. The molecular formula is C10H6F3N. The van der Waals surface area contributed by atoms with Crippen LogP contribution >= 0.6 is 0 Å². The number of allylic oxidation sites excluding steroid dienone is 1. The first-order valence-corrected chi connectivity index (χ1v) is 3.79. The summed E-state index contributed by atoms with van der Waals surface area (Å²) < 4.78 is 37.1. The van der Waals surface area contributed by atoms with Gasteiger partial charge >= 0.3 is 0 Å². The summed E-state index contributed by atoms with van der Waals surface area (Å²) in [6.45, 7) is 0. The van der Waals surface area contributed by atoms with Crippen molar-refractivity contribution in [2.24, 2.45) is 0 Å². The third-order valence-electron chi connectivity index (χ3n) is 1.61. The Morgan fingerprint density at radius 1 is 1.36 bits per heavy atom. The van der Waals surface area contributed by atoms with Crippen LogP contribution in [0.5, 0.6) is 0 Å². The largest absolute Gasteiger partial charge is 0.266 e. The van der Waals surface area contributed by atoms with Crippen LogP contribution in [0.3, 0.4) is 0 Å². The van der Waals surface area contributed by atoms with Crippen molar-refractivity contribution >= 4 is 6.08 Å². The maximum atomic E-state index is 12.9. The number of halogens is 3. The highest BCUT2D eigenvalue weighted by Gasteiger charge is 2.12. The summed E-state index contributed by atoms with van der Waals surface area (Å²) >= 11 is 0. The molecule has 0 fully saturated rings. The van der Waals surface area contributed by atoms with Crippen LogP contribution in [0.25, 0.3) is 6.08 Å². The smallest absolute Gasteiger partial charge is 0.206 e. The number of nitriles is 1. The maximum Gasteiger partial charge on any atom is 0.266 e.